The van der Waals surface area contributed by atoms with Gasteiger partial charge in [0, 0.05) is 38.4 Å². The molecule has 1 aromatic heterocycles. The van der Waals surface area contributed by atoms with E-state index >= 15 is 0 Å². The number of nitrogens with one attached hydrogen (secondary N) is 2. The summed E-state index contributed by atoms with van der Waals surface area (Å²) < 4.78 is 0. The van der Waals surface area contributed by atoms with Gasteiger partial charge in [-0.3, -0.25) is 0 Å². The molecule has 0 aliphatic carbocycles. The van der Waals surface area contributed by atoms with E-state index in [2.05, 4.69) is 49.8 Å². The molecule has 0 unspecified atom stereocenters. The molecule has 2 heterocycles. The smallest absolute Gasteiger partial charge is 0.134 e. The number of rotatable bonds is 2. The van der Waals surface area contributed by atoms with Crippen LogP contribution in [0.1, 0.15) is 5.56 Å². The molecule has 2 N–H and O–H groups in total. The zero-order chi connectivity index (χ0) is 13.1. The predicted octanol–water partition coefficient (Wildman–Crippen LogP) is 1.95. The lowest BCUT2D eigenvalue weighted by Crippen LogP contribution is -2.26. The van der Waals surface area contributed by atoms with Gasteiger partial charge < -0.3 is 15.5 Å². The van der Waals surface area contributed by atoms with E-state index in [0.717, 1.165) is 31.3 Å². The van der Waals surface area contributed by atoms with E-state index in [1.165, 1.54) is 11.3 Å². The molecule has 1 aliphatic rings. The van der Waals surface area contributed by atoms with E-state index in [-0.39, 0.29) is 0 Å². The van der Waals surface area contributed by atoms with Crippen molar-refractivity contribution in [1.29, 1.82) is 0 Å². The van der Waals surface area contributed by atoms with Gasteiger partial charge in [-0.2, -0.15) is 0 Å². The van der Waals surface area contributed by atoms with Crippen LogP contribution in [0.25, 0.3) is 0 Å². The van der Waals surface area contributed by atoms with Crippen molar-refractivity contribution in [3.05, 3.63) is 42.2 Å². The van der Waals surface area contributed by atoms with Crippen LogP contribution in [0, 0.1) is 0 Å². The van der Waals surface area contributed by atoms with Crippen LogP contribution in [0.5, 0.6) is 0 Å². The molecule has 0 amide bonds. The van der Waals surface area contributed by atoms with Crippen molar-refractivity contribution in [1.82, 2.24) is 9.97 Å². The summed E-state index contributed by atoms with van der Waals surface area (Å²) in [5.41, 5.74) is 2.51. The van der Waals surface area contributed by atoms with Crippen LogP contribution >= 0.6 is 0 Å². The van der Waals surface area contributed by atoms with Crippen molar-refractivity contribution in [2.45, 2.75) is 6.54 Å². The normalized spacial score (nSPS) is 14.3. The number of benzene rings is 1. The highest BCUT2D eigenvalue weighted by atomic mass is 15.2. The molecule has 5 nitrogen and oxygen atoms in total. The fourth-order valence-electron chi connectivity index (χ4n) is 2.29. The summed E-state index contributed by atoms with van der Waals surface area (Å²) in [6.07, 6.45) is 1.60. The highest BCUT2D eigenvalue weighted by Crippen LogP contribution is 2.23. The molecule has 0 saturated carbocycles. The van der Waals surface area contributed by atoms with Gasteiger partial charge in [-0.25, -0.2) is 9.97 Å². The Bertz CT molecular complexity index is 569. The summed E-state index contributed by atoms with van der Waals surface area (Å²) >= 11 is 0. The van der Waals surface area contributed by atoms with Gasteiger partial charge in [-0.1, -0.05) is 18.2 Å². The number of anilines is 3. The largest absolute Gasteiger partial charge is 0.383 e. The third kappa shape index (κ3) is 2.45. The van der Waals surface area contributed by atoms with E-state index < -0.39 is 0 Å². The second-order valence-corrected chi connectivity index (χ2v) is 4.52. The van der Waals surface area contributed by atoms with Crippen LogP contribution in [0.4, 0.5) is 17.3 Å². The lowest BCUT2D eigenvalue weighted by molar-refractivity contribution is 0.808. The third-order valence-corrected chi connectivity index (χ3v) is 3.31. The quantitative estimate of drug-likeness (QED) is 0.859. The summed E-state index contributed by atoms with van der Waals surface area (Å²) in [4.78, 5) is 10.8. The van der Waals surface area contributed by atoms with Crippen LogP contribution in [-0.2, 0) is 6.54 Å². The van der Waals surface area contributed by atoms with E-state index in [9.17, 15) is 0 Å². The molecule has 1 aliphatic heterocycles. The summed E-state index contributed by atoms with van der Waals surface area (Å²) in [5, 5.41) is 6.50. The average molecular weight is 255 g/mol. The SMILES string of the molecule is CNc1cc(N2CCNc3ccccc3C2)ncn1. The predicted molar refractivity (Wildman–Crippen MR) is 77.6 cm³/mol. The standard InChI is InChI=1S/C14H17N5/c1-15-13-8-14(18-10-17-13)19-7-6-16-12-5-3-2-4-11(12)9-19/h2-5,8,10,16H,6-7,9H2,1H3,(H,15,17,18). The van der Waals surface area contributed by atoms with E-state index in [0.29, 0.717) is 0 Å². The highest BCUT2D eigenvalue weighted by molar-refractivity contribution is 5.56. The minimum absolute atomic E-state index is 0.843. The average Bonchev–Trinajstić information content (AvgIpc) is 2.69. The summed E-state index contributed by atoms with van der Waals surface area (Å²) in [6.45, 7) is 2.70. The second kappa shape index (κ2) is 5.14. The minimum Gasteiger partial charge on any atom is -0.383 e. The van der Waals surface area contributed by atoms with Gasteiger partial charge in [0.15, 0.2) is 0 Å². The number of aromatic nitrogens is 2. The van der Waals surface area contributed by atoms with Gasteiger partial charge in [-0.15, -0.1) is 0 Å². The third-order valence-electron chi connectivity index (χ3n) is 3.31. The fourth-order valence-corrected chi connectivity index (χ4v) is 2.29. The lowest BCUT2D eigenvalue weighted by Gasteiger charge is -2.21. The first kappa shape index (κ1) is 11.8. The number of hydrogen-bond donors (Lipinski definition) is 2. The zero-order valence-electron chi connectivity index (χ0n) is 10.9. The first-order valence-corrected chi connectivity index (χ1v) is 6.43. The topological polar surface area (TPSA) is 53.1 Å². The first-order chi connectivity index (χ1) is 9.36. The number of nitrogens with zero attached hydrogens (tertiary/aromatic N) is 3. The number of fused-ring (bicyclic) bond motifs is 1. The molecule has 0 atom stereocenters. The first-order valence-electron chi connectivity index (χ1n) is 6.43. The van der Waals surface area contributed by atoms with Crippen molar-refractivity contribution < 1.29 is 0 Å². The van der Waals surface area contributed by atoms with Crippen molar-refractivity contribution in [2.24, 2.45) is 0 Å². The van der Waals surface area contributed by atoms with Crippen LogP contribution in [0.3, 0.4) is 0 Å². The maximum atomic E-state index is 4.37. The molecule has 5 heteroatoms. The molecule has 1 aromatic carbocycles. The number of para-hydroxylation sites is 1. The molecule has 2 aromatic rings. The second-order valence-electron chi connectivity index (χ2n) is 4.52. The highest BCUT2D eigenvalue weighted by Gasteiger charge is 2.15. The van der Waals surface area contributed by atoms with Gasteiger partial charge in [0.05, 0.1) is 0 Å². The number of hydrogen-bond acceptors (Lipinski definition) is 5. The van der Waals surface area contributed by atoms with Gasteiger partial charge in [0.1, 0.15) is 18.0 Å². The maximum absolute atomic E-state index is 4.37. The van der Waals surface area contributed by atoms with E-state index in [4.69, 9.17) is 0 Å². The Morgan fingerprint density at radius 3 is 3.05 bits per heavy atom. The molecule has 0 spiro atoms. The molecular weight excluding hydrogens is 238 g/mol. The van der Waals surface area contributed by atoms with Crippen LogP contribution in [0.15, 0.2) is 36.7 Å². The van der Waals surface area contributed by atoms with Crippen molar-refractivity contribution in [2.75, 3.05) is 35.7 Å². The Morgan fingerprint density at radius 1 is 1.26 bits per heavy atom. The Morgan fingerprint density at radius 2 is 2.16 bits per heavy atom. The Kier molecular flexibility index (Phi) is 3.18. The summed E-state index contributed by atoms with van der Waals surface area (Å²) in [5.74, 6) is 1.80. The van der Waals surface area contributed by atoms with E-state index in [1.54, 1.807) is 6.33 Å². The monoisotopic (exact) mass is 255 g/mol. The fraction of sp³-hybridized carbons (Fsp3) is 0.286. The molecule has 0 radical (unpaired) electrons. The molecule has 19 heavy (non-hydrogen) atoms. The Hall–Kier alpha value is -2.30. The van der Waals surface area contributed by atoms with Crippen molar-refractivity contribution >= 4 is 17.3 Å². The summed E-state index contributed by atoms with van der Waals surface area (Å²) in [7, 11) is 1.87. The maximum Gasteiger partial charge on any atom is 0.134 e. The Labute approximate surface area is 112 Å². The summed E-state index contributed by atoms with van der Waals surface area (Å²) in [6, 6.07) is 10.4. The van der Waals surface area contributed by atoms with Gasteiger partial charge in [-0.05, 0) is 11.6 Å². The van der Waals surface area contributed by atoms with Gasteiger partial charge in [0.2, 0.25) is 0 Å². The molecule has 0 bridgehead atoms. The van der Waals surface area contributed by atoms with Crippen LogP contribution in [-0.4, -0.2) is 30.1 Å². The van der Waals surface area contributed by atoms with Crippen LogP contribution < -0.4 is 15.5 Å². The van der Waals surface area contributed by atoms with E-state index in [1.807, 2.05) is 13.1 Å². The molecule has 3 rings (SSSR count). The zero-order valence-corrected chi connectivity index (χ0v) is 10.9. The Balaban J connectivity index is 1.89. The molecule has 0 fully saturated rings. The van der Waals surface area contributed by atoms with Crippen molar-refractivity contribution in [3.8, 4) is 0 Å². The molecular formula is C14H17N5. The lowest BCUT2D eigenvalue weighted by atomic mass is 10.2. The van der Waals surface area contributed by atoms with Gasteiger partial charge in [0.25, 0.3) is 0 Å². The van der Waals surface area contributed by atoms with Crippen molar-refractivity contribution in [3.63, 3.8) is 0 Å². The van der Waals surface area contributed by atoms with Gasteiger partial charge >= 0.3 is 0 Å². The molecule has 0 saturated heterocycles. The van der Waals surface area contributed by atoms with Crippen LogP contribution in [0.2, 0.25) is 0 Å². The minimum atomic E-state index is 0.843. The molecule has 98 valence electrons.